The fourth-order valence-electron chi connectivity index (χ4n) is 3.44. The van der Waals surface area contributed by atoms with Crippen LogP contribution in [0.1, 0.15) is 33.1 Å². The van der Waals surface area contributed by atoms with Crippen LogP contribution in [0.3, 0.4) is 0 Å². The summed E-state index contributed by atoms with van der Waals surface area (Å²) in [7, 11) is 0. The molecule has 0 saturated heterocycles. The predicted molar refractivity (Wildman–Crippen MR) is 99.3 cm³/mol. The Balaban J connectivity index is 1.78. The molecule has 0 spiro atoms. The summed E-state index contributed by atoms with van der Waals surface area (Å²) in [5.74, 6) is -0.158. The Kier molecular flexibility index (Phi) is 5.56. The maximum absolute atomic E-state index is 13.0. The molecule has 1 fully saturated rings. The Morgan fingerprint density at radius 1 is 1.42 bits per heavy atom. The number of pyridine rings is 1. The molecule has 2 heterocycles. The molecule has 26 heavy (non-hydrogen) atoms. The molecule has 138 valence electrons. The summed E-state index contributed by atoms with van der Waals surface area (Å²) in [5, 5.41) is 7.48. The van der Waals surface area contributed by atoms with Gasteiger partial charge in [-0.05, 0) is 38.3 Å². The Hall–Kier alpha value is -2.41. The third-order valence-electron chi connectivity index (χ3n) is 4.62. The van der Waals surface area contributed by atoms with Crippen LogP contribution in [0, 0.1) is 5.92 Å². The maximum atomic E-state index is 13.0. The van der Waals surface area contributed by atoms with Crippen LogP contribution in [0.15, 0.2) is 30.7 Å². The minimum Gasteiger partial charge on any atom is -0.354 e. The Morgan fingerprint density at radius 3 is 2.88 bits per heavy atom. The number of nitrogens with one attached hydrogen (secondary N) is 1. The lowest BCUT2D eigenvalue weighted by atomic mass is 10.1. The molecule has 7 nitrogen and oxygen atoms in total. The van der Waals surface area contributed by atoms with E-state index in [1.807, 2.05) is 19.1 Å². The first-order valence-electron chi connectivity index (χ1n) is 8.73. The Bertz CT molecular complexity index is 792. The zero-order valence-electron chi connectivity index (χ0n) is 14.9. The van der Waals surface area contributed by atoms with E-state index in [1.54, 1.807) is 28.2 Å². The van der Waals surface area contributed by atoms with Crippen molar-refractivity contribution in [1.29, 1.82) is 0 Å². The largest absolute Gasteiger partial charge is 0.354 e. The summed E-state index contributed by atoms with van der Waals surface area (Å²) < 4.78 is 1.62. The van der Waals surface area contributed by atoms with Gasteiger partial charge in [0.2, 0.25) is 11.8 Å². The van der Waals surface area contributed by atoms with Crippen molar-refractivity contribution in [2.75, 3.05) is 11.4 Å². The number of amides is 2. The maximum Gasteiger partial charge on any atom is 0.230 e. The van der Waals surface area contributed by atoms with Gasteiger partial charge in [-0.3, -0.25) is 14.6 Å². The molecule has 8 heteroatoms. The summed E-state index contributed by atoms with van der Waals surface area (Å²) in [6.07, 6.45) is 7.35. The summed E-state index contributed by atoms with van der Waals surface area (Å²) in [4.78, 5) is 30.0. The topological polar surface area (TPSA) is 80.1 Å². The van der Waals surface area contributed by atoms with Crippen LogP contribution in [-0.4, -0.2) is 39.2 Å². The van der Waals surface area contributed by atoms with Gasteiger partial charge in [0, 0.05) is 31.6 Å². The number of hydrogen-bond donors (Lipinski definition) is 1. The molecule has 0 unspecified atom stereocenters. The van der Waals surface area contributed by atoms with Crippen molar-refractivity contribution in [3.05, 3.63) is 35.9 Å². The predicted octanol–water partition coefficient (Wildman–Crippen LogP) is 2.58. The SMILES string of the molecule is CCN(C(=O)[C@H]1CC[C@@H](NC(C)=O)C1)c1cn(-c2cccnc2)nc1Cl. The average molecular weight is 376 g/mol. The Morgan fingerprint density at radius 2 is 2.23 bits per heavy atom. The standard InChI is InChI=1S/C18H22ClN5O2/c1-3-23(18(26)13-6-7-14(9-13)21-12(2)25)16-11-24(22-17(16)19)15-5-4-8-20-10-15/h4-5,8,10-11,13-14H,3,6-7,9H2,1-2H3,(H,21,25)/t13-,14+/m0/s1. The number of rotatable bonds is 5. The van der Waals surface area contributed by atoms with Gasteiger partial charge in [-0.2, -0.15) is 5.10 Å². The molecular weight excluding hydrogens is 354 g/mol. The van der Waals surface area contributed by atoms with Gasteiger partial charge in [0.05, 0.1) is 18.1 Å². The number of carbonyl (C=O) groups excluding carboxylic acids is 2. The van der Waals surface area contributed by atoms with Crippen molar-refractivity contribution >= 4 is 29.1 Å². The van der Waals surface area contributed by atoms with Gasteiger partial charge in [-0.25, -0.2) is 4.68 Å². The lowest BCUT2D eigenvalue weighted by molar-refractivity contribution is -0.123. The van der Waals surface area contributed by atoms with E-state index >= 15 is 0 Å². The molecule has 2 atom stereocenters. The van der Waals surface area contributed by atoms with Crippen molar-refractivity contribution < 1.29 is 9.59 Å². The van der Waals surface area contributed by atoms with Crippen LogP contribution >= 0.6 is 11.6 Å². The van der Waals surface area contributed by atoms with Gasteiger partial charge in [0.15, 0.2) is 5.15 Å². The van der Waals surface area contributed by atoms with E-state index in [9.17, 15) is 9.59 Å². The number of halogens is 1. The van der Waals surface area contributed by atoms with Crippen LogP contribution in [0.2, 0.25) is 5.15 Å². The van der Waals surface area contributed by atoms with E-state index in [-0.39, 0.29) is 28.9 Å². The number of anilines is 1. The second kappa shape index (κ2) is 7.86. The van der Waals surface area contributed by atoms with Crippen LogP contribution in [-0.2, 0) is 9.59 Å². The van der Waals surface area contributed by atoms with Crippen LogP contribution < -0.4 is 10.2 Å². The number of carbonyl (C=O) groups is 2. The van der Waals surface area contributed by atoms with Gasteiger partial charge >= 0.3 is 0 Å². The molecule has 0 aromatic carbocycles. The molecule has 1 aliphatic carbocycles. The minimum atomic E-state index is -0.121. The van der Waals surface area contributed by atoms with Crippen LogP contribution in [0.5, 0.6) is 0 Å². The molecule has 2 amide bonds. The number of nitrogens with zero attached hydrogens (tertiary/aromatic N) is 4. The lowest BCUT2D eigenvalue weighted by Gasteiger charge is -2.23. The molecule has 1 aliphatic rings. The highest BCUT2D eigenvalue weighted by molar-refractivity contribution is 6.32. The monoisotopic (exact) mass is 375 g/mol. The molecule has 1 saturated carbocycles. The highest BCUT2D eigenvalue weighted by atomic mass is 35.5. The minimum absolute atomic E-state index is 0.0213. The van der Waals surface area contributed by atoms with Crippen molar-refractivity contribution in [1.82, 2.24) is 20.1 Å². The van der Waals surface area contributed by atoms with Gasteiger partial charge < -0.3 is 10.2 Å². The van der Waals surface area contributed by atoms with Gasteiger partial charge in [0.25, 0.3) is 0 Å². The molecule has 1 N–H and O–H groups in total. The van der Waals surface area contributed by atoms with Crippen LogP contribution in [0.25, 0.3) is 5.69 Å². The molecule has 2 aromatic rings. The lowest BCUT2D eigenvalue weighted by Crippen LogP contribution is -2.37. The second-order valence-corrected chi connectivity index (χ2v) is 6.81. The molecule has 2 aromatic heterocycles. The van der Waals surface area contributed by atoms with Crippen molar-refractivity contribution in [2.45, 2.75) is 39.2 Å². The Labute approximate surface area is 157 Å². The first-order chi connectivity index (χ1) is 12.5. The molecular formula is C18H22ClN5O2. The van der Waals surface area contributed by atoms with Gasteiger partial charge in [-0.1, -0.05) is 11.6 Å². The van der Waals surface area contributed by atoms with E-state index in [0.29, 0.717) is 18.7 Å². The quantitative estimate of drug-likeness (QED) is 0.871. The summed E-state index contributed by atoms with van der Waals surface area (Å²) >= 11 is 6.31. The molecule has 0 bridgehead atoms. The smallest absolute Gasteiger partial charge is 0.230 e. The summed E-state index contributed by atoms with van der Waals surface area (Å²) in [6.45, 7) is 3.91. The summed E-state index contributed by atoms with van der Waals surface area (Å²) in [6, 6.07) is 3.75. The first kappa shape index (κ1) is 18.4. The van der Waals surface area contributed by atoms with Gasteiger partial charge in [-0.15, -0.1) is 0 Å². The second-order valence-electron chi connectivity index (χ2n) is 6.45. The first-order valence-corrected chi connectivity index (χ1v) is 9.11. The van der Waals surface area contributed by atoms with E-state index in [2.05, 4.69) is 15.4 Å². The van der Waals surface area contributed by atoms with Crippen molar-refractivity contribution in [3.8, 4) is 5.69 Å². The highest BCUT2D eigenvalue weighted by Crippen LogP contribution is 2.32. The summed E-state index contributed by atoms with van der Waals surface area (Å²) in [5.41, 5.74) is 1.36. The van der Waals surface area contributed by atoms with E-state index in [0.717, 1.165) is 18.5 Å². The number of aromatic nitrogens is 3. The third-order valence-corrected chi connectivity index (χ3v) is 4.89. The zero-order chi connectivity index (χ0) is 18.7. The molecule has 0 radical (unpaired) electrons. The average Bonchev–Trinajstić information content (AvgIpc) is 3.23. The van der Waals surface area contributed by atoms with E-state index in [4.69, 9.17) is 11.6 Å². The van der Waals surface area contributed by atoms with E-state index < -0.39 is 0 Å². The van der Waals surface area contributed by atoms with Gasteiger partial charge in [0.1, 0.15) is 5.69 Å². The van der Waals surface area contributed by atoms with Crippen molar-refractivity contribution in [3.63, 3.8) is 0 Å². The third kappa shape index (κ3) is 3.88. The fraction of sp³-hybridized carbons (Fsp3) is 0.444. The van der Waals surface area contributed by atoms with E-state index in [1.165, 1.54) is 6.92 Å². The van der Waals surface area contributed by atoms with Crippen LogP contribution in [0.4, 0.5) is 5.69 Å². The highest BCUT2D eigenvalue weighted by Gasteiger charge is 2.34. The normalized spacial score (nSPS) is 19.3. The molecule has 3 rings (SSSR count). The fourth-order valence-corrected chi connectivity index (χ4v) is 3.67. The molecule has 0 aliphatic heterocycles. The zero-order valence-corrected chi connectivity index (χ0v) is 15.6. The number of hydrogen-bond acceptors (Lipinski definition) is 4. The van der Waals surface area contributed by atoms with Crippen molar-refractivity contribution in [2.24, 2.45) is 5.92 Å².